The van der Waals surface area contributed by atoms with Crippen LogP contribution in [0.25, 0.3) is 0 Å². The van der Waals surface area contributed by atoms with E-state index in [4.69, 9.17) is 26.4 Å². The number of morpholine rings is 1. The van der Waals surface area contributed by atoms with E-state index in [1.54, 1.807) is 13.3 Å². The number of nitrogens with one attached hydrogen (secondary N) is 3. The Balaban J connectivity index is 1.73. The van der Waals surface area contributed by atoms with Gasteiger partial charge in [-0.15, -0.1) is 0 Å². The second-order valence-electron chi connectivity index (χ2n) is 7.18. The van der Waals surface area contributed by atoms with Gasteiger partial charge in [-0.05, 0) is 48.3 Å². The topological polar surface area (TPSA) is 68.5 Å². The second kappa shape index (κ2) is 12.5. The summed E-state index contributed by atoms with van der Waals surface area (Å²) in [5, 5.41) is 7.89. The fraction of sp³-hybridized carbons (Fsp3) is 0.600. The minimum atomic E-state index is 0.518. The van der Waals surface area contributed by atoms with E-state index in [1.165, 1.54) is 4.90 Å². The Hall–Kier alpha value is -1.90. The fourth-order valence-corrected chi connectivity index (χ4v) is 2.91. The lowest BCUT2D eigenvalue weighted by atomic mass is 10.1. The molecule has 1 heterocycles. The SMILES string of the molecule is COc1cc(/C=N\NC(=S)NCC[NH+]2CCOCC2)ccc1OCCC(C)C. The van der Waals surface area contributed by atoms with E-state index in [0.29, 0.717) is 23.4 Å². The van der Waals surface area contributed by atoms with Gasteiger partial charge in [-0.1, -0.05) is 13.8 Å². The highest BCUT2D eigenvalue weighted by Gasteiger charge is 2.12. The molecule has 3 N–H and O–H groups in total. The zero-order valence-corrected chi connectivity index (χ0v) is 17.9. The monoisotopic (exact) mass is 409 g/mol. The number of hydrogen-bond donors (Lipinski definition) is 3. The van der Waals surface area contributed by atoms with Crippen molar-refractivity contribution in [3.63, 3.8) is 0 Å². The molecule has 0 radical (unpaired) electrons. The van der Waals surface area contributed by atoms with Crippen LogP contribution in [0.15, 0.2) is 23.3 Å². The first-order valence-corrected chi connectivity index (χ1v) is 10.3. The number of ether oxygens (including phenoxy) is 3. The highest BCUT2D eigenvalue weighted by atomic mass is 32.1. The second-order valence-corrected chi connectivity index (χ2v) is 7.59. The van der Waals surface area contributed by atoms with Gasteiger partial charge in [0.05, 0.1) is 46.2 Å². The first kappa shape index (κ1) is 22.4. The number of nitrogens with zero attached hydrogens (tertiary/aromatic N) is 1. The molecule has 0 atom stereocenters. The van der Waals surface area contributed by atoms with E-state index >= 15 is 0 Å². The molecule has 1 aromatic carbocycles. The van der Waals surface area contributed by atoms with Crippen molar-refractivity contribution in [3.05, 3.63) is 23.8 Å². The largest absolute Gasteiger partial charge is 0.493 e. The smallest absolute Gasteiger partial charge is 0.187 e. The Morgan fingerprint density at radius 2 is 2.11 bits per heavy atom. The normalized spacial score (nSPS) is 15.0. The third-order valence-corrected chi connectivity index (χ3v) is 4.72. The highest BCUT2D eigenvalue weighted by molar-refractivity contribution is 7.80. The highest BCUT2D eigenvalue weighted by Crippen LogP contribution is 2.27. The Morgan fingerprint density at radius 3 is 2.82 bits per heavy atom. The van der Waals surface area contributed by atoms with Crippen LogP contribution in [0.5, 0.6) is 11.5 Å². The molecule has 0 aliphatic carbocycles. The lowest BCUT2D eigenvalue weighted by molar-refractivity contribution is -0.906. The molecule has 0 spiro atoms. The third-order valence-electron chi connectivity index (χ3n) is 4.48. The van der Waals surface area contributed by atoms with Crippen LogP contribution >= 0.6 is 12.2 Å². The molecular weight excluding hydrogens is 376 g/mol. The summed E-state index contributed by atoms with van der Waals surface area (Å²) in [6.45, 7) is 10.7. The molecular formula is C20H33N4O3S+. The van der Waals surface area contributed by atoms with Gasteiger partial charge in [-0.3, -0.25) is 5.43 Å². The quantitative estimate of drug-likeness (QED) is 0.302. The maximum absolute atomic E-state index is 5.81. The van der Waals surface area contributed by atoms with Crippen molar-refractivity contribution >= 4 is 23.5 Å². The molecule has 2 rings (SSSR count). The number of methoxy groups -OCH3 is 1. The number of hydrazone groups is 1. The molecule has 7 nitrogen and oxygen atoms in total. The lowest BCUT2D eigenvalue weighted by Gasteiger charge is -2.23. The van der Waals surface area contributed by atoms with Gasteiger partial charge in [0.25, 0.3) is 0 Å². The van der Waals surface area contributed by atoms with Crippen molar-refractivity contribution in [2.24, 2.45) is 11.0 Å². The van der Waals surface area contributed by atoms with Crippen LogP contribution in [0.1, 0.15) is 25.8 Å². The molecule has 1 aromatic rings. The van der Waals surface area contributed by atoms with E-state index in [-0.39, 0.29) is 0 Å². The van der Waals surface area contributed by atoms with Crippen molar-refractivity contribution in [1.29, 1.82) is 0 Å². The van der Waals surface area contributed by atoms with E-state index in [1.807, 2.05) is 18.2 Å². The van der Waals surface area contributed by atoms with E-state index < -0.39 is 0 Å². The number of thiocarbonyl (C=S) groups is 1. The van der Waals surface area contributed by atoms with Crippen LogP contribution in [-0.4, -0.2) is 64.4 Å². The van der Waals surface area contributed by atoms with Gasteiger partial charge in [-0.2, -0.15) is 5.10 Å². The van der Waals surface area contributed by atoms with Gasteiger partial charge >= 0.3 is 0 Å². The van der Waals surface area contributed by atoms with Crippen LogP contribution in [-0.2, 0) is 4.74 Å². The third kappa shape index (κ3) is 8.41. The molecule has 1 aliphatic heterocycles. The lowest BCUT2D eigenvalue weighted by Crippen LogP contribution is -3.14. The first-order chi connectivity index (χ1) is 13.6. The number of quaternary nitrogens is 1. The van der Waals surface area contributed by atoms with Gasteiger partial charge in [0.1, 0.15) is 13.1 Å². The van der Waals surface area contributed by atoms with E-state index in [9.17, 15) is 0 Å². The predicted octanol–water partition coefficient (Wildman–Crippen LogP) is 0.833. The Bertz CT molecular complexity index is 634. The minimum Gasteiger partial charge on any atom is -0.493 e. The maximum Gasteiger partial charge on any atom is 0.187 e. The summed E-state index contributed by atoms with van der Waals surface area (Å²) in [6, 6.07) is 5.74. The summed E-state index contributed by atoms with van der Waals surface area (Å²) in [5.74, 6) is 2.05. The standard InChI is InChI=1S/C20H32N4O3S/c1-16(2)6-11-27-18-5-4-17(14-19(18)25-3)15-22-23-20(28)21-7-8-24-9-12-26-13-10-24/h4-5,14-16H,6-13H2,1-3H3,(H2,21,23,28)/p+1/b22-15-. The average Bonchev–Trinajstić information content (AvgIpc) is 2.69. The van der Waals surface area contributed by atoms with Gasteiger partial charge in [0.15, 0.2) is 16.6 Å². The number of rotatable bonds is 10. The molecule has 156 valence electrons. The van der Waals surface area contributed by atoms with Crippen molar-refractivity contribution in [2.75, 3.05) is 53.1 Å². The minimum absolute atomic E-state index is 0.518. The number of benzene rings is 1. The Kier molecular flexibility index (Phi) is 10.0. The molecule has 0 bridgehead atoms. The molecule has 0 saturated carbocycles. The van der Waals surface area contributed by atoms with E-state index in [0.717, 1.165) is 57.1 Å². The van der Waals surface area contributed by atoms with Gasteiger partial charge in [0, 0.05) is 0 Å². The zero-order chi connectivity index (χ0) is 20.2. The fourth-order valence-electron chi connectivity index (χ4n) is 2.76. The molecule has 0 amide bonds. The van der Waals surface area contributed by atoms with Gasteiger partial charge in [0.2, 0.25) is 0 Å². The molecule has 1 aliphatic rings. The zero-order valence-electron chi connectivity index (χ0n) is 17.1. The van der Waals surface area contributed by atoms with Crippen LogP contribution in [0.2, 0.25) is 0 Å². The summed E-state index contributed by atoms with van der Waals surface area (Å²) < 4.78 is 16.6. The van der Waals surface area contributed by atoms with Gasteiger partial charge < -0.3 is 24.4 Å². The van der Waals surface area contributed by atoms with Crippen LogP contribution < -0.4 is 25.1 Å². The predicted molar refractivity (Wildman–Crippen MR) is 116 cm³/mol. The summed E-state index contributed by atoms with van der Waals surface area (Å²) in [6.07, 6.45) is 2.72. The van der Waals surface area contributed by atoms with Crippen molar-refractivity contribution in [1.82, 2.24) is 10.7 Å². The summed E-state index contributed by atoms with van der Waals surface area (Å²) in [7, 11) is 1.64. The maximum atomic E-state index is 5.81. The molecule has 0 unspecified atom stereocenters. The van der Waals surface area contributed by atoms with Crippen LogP contribution in [0, 0.1) is 5.92 Å². The molecule has 8 heteroatoms. The number of hydrogen-bond acceptors (Lipinski definition) is 5. The Morgan fingerprint density at radius 1 is 1.32 bits per heavy atom. The molecule has 28 heavy (non-hydrogen) atoms. The van der Waals surface area contributed by atoms with Crippen molar-refractivity contribution in [2.45, 2.75) is 20.3 Å². The van der Waals surface area contributed by atoms with Crippen LogP contribution in [0.3, 0.4) is 0 Å². The molecule has 1 fully saturated rings. The summed E-state index contributed by atoms with van der Waals surface area (Å²) in [4.78, 5) is 1.54. The Labute approximate surface area is 173 Å². The summed E-state index contributed by atoms with van der Waals surface area (Å²) in [5.41, 5.74) is 3.76. The van der Waals surface area contributed by atoms with Crippen molar-refractivity contribution < 1.29 is 19.1 Å². The molecule has 0 aromatic heterocycles. The molecule has 1 saturated heterocycles. The van der Waals surface area contributed by atoms with Crippen molar-refractivity contribution in [3.8, 4) is 11.5 Å². The first-order valence-electron chi connectivity index (χ1n) is 9.87. The van der Waals surface area contributed by atoms with Crippen LogP contribution in [0.4, 0.5) is 0 Å². The average molecular weight is 410 g/mol. The van der Waals surface area contributed by atoms with Gasteiger partial charge in [-0.25, -0.2) is 0 Å². The summed E-state index contributed by atoms with van der Waals surface area (Å²) >= 11 is 5.26. The van der Waals surface area contributed by atoms with E-state index in [2.05, 4.69) is 29.7 Å².